The van der Waals surface area contributed by atoms with E-state index in [0.29, 0.717) is 59.6 Å². The van der Waals surface area contributed by atoms with Crippen LogP contribution in [0.1, 0.15) is 43.6 Å². The van der Waals surface area contributed by atoms with Gasteiger partial charge in [0.05, 0.1) is 16.6 Å². The molecule has 0 bridgehead atoms. The molecule has 1 saturated heterocycles. The topological polar surface area (TPSA) is 108 Å². The van der Waals surface area contributed by atoms with Crippen molar-refractivity contribution in [3.05, 3.63) is 65.4 Å². The summed E-state index contributed by atoms with van der Waals surface area (Å²) in [6.07, 6.45) is 8.26. The summed E-state index contributed by atoms with van der Waals surface area (Å²) in [5.74, 6) is -0.650. The van der Waals surface area contributed by atoms with Crippen molar-refractivity contribution < 1.29 is 13.2 Å². The zero-order chi connectivity index (χ0) is 29.3. The number of likely N-dealkylation sites (N-methyl/N-ethyl adjacent to an activating group) is 1. The minimum Gasteiger partial charge on any atom is -0.304 e. The molecular formula is C30H33ClN6O3S2. The van der Waals surface area contributed by atoms with Gasteiger partial charge in [-0.2, -0.15) is 4.31 Å². The molecule has 9 nitrogen and oxygen atoms in total. The normalized spacial score (nSPS) is 18.0. The fourth-order valence-corrected chi connectivity index (χ4v) is 8.97. The number of amides is 1. The first-order chi connectivity index (χ1) is 20.3. The Bertz CT molecular complexity index is 1680. The summed E-state index contributed by atoms with van der Waals surface area (Å²) in [7, 11) is -1.94. The summed E-state index contributed by atoms with van der Waals surface area (Å²) >= 11 is 7.93. The number of hydrogen-bond donors (Lipinski definition) is 1. The summed E-state index contributed by atoms with van der Waals surface area (Å²) in [4.78, 5) is 30.3. The van der Waals surface area contributed by atoms with Crippen LogP contribution >= 0.6 is 22.9 Å². The van der Waals surface area contributed by atoms with Crippen molar-refractivity contribution in [2.45, 2.75) is 42.9 Å². The zero-order valence-corrected chi connectivity index (χ0v) is 25.8. The van der Waals surface area contributed by atoms with E-state index in [4.69, 9.17) is 16.6 Å². The molecule has 1 aliphatic heterocycles. The van der Waals surface area contributed by atoms with Crippen molar-refractivity contribution in [1.29, 1.82) is 0 Å². The largest absolute Gasteiger partial charge is 0.304 e. The first-order valence-electron chi connectivity index (χ1n) is 14.3. The van der Waals surface area contributed by atoms with Crippen LogP contribution in [-0.4, -0.2) is 71.7 Å². The minimum atomic E-state index is -3.92. The molecule has 1 N–H and O–H groups in total. The lowest BCUT2D eigenvalue weighted by Gasteiger charge is -2.33. The van der Waals surface area contributed by atoms with E-state index >= 15 is 0 Å². The van der Waals surface area contributed by atoms with E-state index in [9.17, 15) is 13.2 Å². The maximum absolute atomic E-state index is 14.0. The van der Waals surface area contributed by atoms with Crippen molar-refractivity contribution in [3.63, 3.8) is 0 Å². The molecule has 6 rings (SSSR count). The Morgan fingerprint density at radius 1 is 1.05 bits per heavy atom. The molecular weight excluding hydrogens is 592 g/mol. The lowest BCUT2D eigenvalue weighted by Crippen LogP contribution is -2.47. The highest BCUT2D eigenvalue weighted by atomic mass is 35.5. The van der Waals surface area contributed by atoms with Crippen LogP contribution in [0.25, 0.3) is 21.6 Å². The Morgan fingerprint density at radius 3 is 2.52 bits per heavy atom. The second-order valence-electron chi connectivity index (χ2n) is 11.1. The molecule has 2 aliphatic rings. The number of fused-ring (bicyclic) bond motifs is 1. The standard InChI is InChI=1S/C30H33ClN6O3S2/c1-36-15-17-37(18-16-36)42(39,40)27-22(7-4-8-24(27)31)23(19-20-5-2-3-6-20)28(38)35-30-34-26-10-9-25(33-29(26)41-30)21-11-13-32-14-12-21/h4,7-14,20,23H,2-3,5-6,15-19H2,1H3,(H,34,35,38). The minimum absolute atomic E-state index is 0.0438. The van der Waals surface area contributed by atoms with Crippen LogP contribution in [0.15, 0.2) is 59.8 Å². The van der Waals surface area contributed by atoms with Crippen LogP contribution in [0.4, 0.5) is 5.13 Å². The number of halogens is 1. The molecule has 1 aromatic carbocycles. The number of piperazine rings is 1. The van der Waals surface area contributed by atoms with Gasteiger partial charge >= 0.3 is 0 Å². The molecule has 1 aliphatic carbocycles. The SMILES string of the molecule is CN1CCN(S(=O)(=O)c2c(Cl)cccc2C(CC2CCCC2)C(=O)Nc2nc3ccc(-c4ccncc4)nc3s2)CC1. The van der Waals surface area contributed by atoms with Crippen LogP contribution < -0.4 is 5.32 Å². The zero-order valence-electron chi connectivity index (χ0n) is 23.4. The Kier molecular flexibility index (Phi) is 8.56. The number of pyridine rings is 2. The number of benzene rings is 1. The quantitative estimate of drug-likeness (QED) is 0.270. The molecule has 2 fully saturated rings. The third kappa shape index (κ3) is 6.07. The van der Waals surface area contributed by atoms with E-state index in [0.717, 1.165) is 36.9 Å². The fourth-order valence-electron chi connectivity index (χ4n) is 5.93. The maximum atomic E-state index is 14.0. The average molecular weight is 625 g/mol. The number of hydrogen-bond acceptors (Lipinski definition) is 8. The Labute approximate surface area is 255 Å². The molecule has 1 atom stereocenters. The molecule has 220 valence electrons. The molecule has 0 spiro atoms. The van der Waals surface area contributed by atoms with Crippen molar-refractivity contribution in [2.75, 3.05) is 38.5 Å². The van der Waals surface area contributed by atoms with Crippen LogP contribution in [0, 0.1) is 5.92 Å². The summed E-state index contributed by atoms with van der Waals surface area (Å²) in [6.45, 7) is 2.03. The number of anilines is 1. The number of nitrogens with one attached hydrogen (secondary N) is 1. The van der Waals surface area contributed by atoms with Crippen LogP contribution in [0.2, 0.25) is 5.02 Å². The average Bonchev–Trinajstić information content (AvgIpc) is 3.65. The molecule has 1 saturated carbocycles. The van der Waals surface area contributed by atoms with Gasteiger partial charge in [-0.15, -0.1) is 0 Å². The van der Waals surface area contributed by atoms with Gasteiger partial charge in [0.25, 0.3) is 0 Å². The number of aromatic nitrogens is 3. The van der Waals surface area contributed by atoms with Crippen LogP contribution in [-0.2, 0) is 14.8 Å². The number of rotatable bonds is 8. The van der Waals surface area contributed by atoms with Gasteiger partial charge in [0.15, 0.2) is 5.13 Å². The number of carbonyl (C=O) groups is 1. The highest BCUT2D eigenvalue weighted by Crippen LogP contribution is 2.40. The number of nitrogens with zero attached hydrogens (tertiary/aromatic N) is 5. The molecule has 4 aromatic rings. The van der Waals surface area contributed by atoms with Crippen molar-refractivity contribution in [3.8, 4) is 11.3 Å². The van der Waals surface area contributed by atoms with Crippen molar-refractivity contribution in [1.82, 2.24) is 24.2 Å². The molecule has 1 unspecified atom stereocenters. The van der Waals surface area contributed by atoms with E-state index in [2.05, 4.69) is 20.2 Å². The van der Waals surface area contributed by atoms with E-state index in [-0.39, 0.29) is 15.8 Å². The van der Waals surface area contributed by atoms with Gasteiger partial charge < -0.3 is 10.2 Å². The van der Waals surface area contributed by atoms with Gasteiger partial charge in [0.2, 0.25) is 15.9 Å². The molecule has 0 radical (unpaired) electrons. The van der Waals surface area contributed by atoms with Gasteiger partial charge in [-0.05, 0) is 55.3 Å². The molecule has 1 amide bonds. The van der Waals surface area contributed by atoms with Gasteiger partial charge in [0, 0.05) is 44.1 Å². The summed E-state index contributed by atoms with van der Waals surface area (Å²) < 4.78 is 29.5. The lowest BCUT2D eigenvalue weighted by atomic mass is 9.87. The van der Waals surface area contributed by atoms with Gasteiger partial charge in [-0.25, -0.2) is 18.4 Å². The smallest absolute Gasteiger partial charge is 0.244 e. The lowest BCUT2D eigenvalue weighted by molar-refractivity contribution is -0.118. The highest BCUT2D eigenvalue weighted by Gasteiger charge is 2.36. The Morgan fingerprint density at radius 2 is 1.79 bits per heavy atom. The second kappa shape index (κ2) is 12.3. The molecule has 42 heavy (non-hydrogen) atoms. The third-order valence-corrected chi connectivity index (χ3v) is 11.6. The van der Waals surface area contributed by atoms with Gasteiger partial charge in [-0.3, -0.25) is 9.78 Å². The Hall–Kier alpha value is -2.96. The van der Waals surface area contributed by atoms with E-state index in [1.54, 1.807) is 30.6 Å². The Balaban J connectivity index is 1.33. The fraction of sp³-hybridized carbons (Fsp3) is 0.400. The molecule has 12 heteroatoms. The highest BCUT2D eigenvalue weighted by molar-refractivity contribution is 7.89. The number of thiazole rings is 1. The maximum Gasteiger partial charge on any atom is 0.244 e. The molecule has 3 aromatic heterocycles. The van der Waals surface area contributed by atoms with Crippen LogP contribution in [0.3, 0.4) is 0 Å². The van der Waals surface area contributed by atoms with Crippen molar-refractivity contribution >= 4 is 54.3 Å². The van der Waals surface area contributed by atoms with E-state index < -0.39 is 15.9 Å². The summed E-state index contributed by atoms with van der Waals surface area (Å²) in [5.41, 5.74) is 2.87. The number of carbonyl (C=O) groups excluding carboxylic acids is 1. The van der Waals surface area contributed by atoms with E-state index in [1.807, 2.05) is 31.3 Å². The van der Waals surface area contributed by atoms with Gasteiger partial charge in [-0.1, -0.05) is 60.8 Å². The van der Waals surface area contributed by atoms with E-state index in [1.165, 1.54) is 15.6 Å². The van der Waals surface area contributed by atoms with Crippen LogP contribution in [0.5, 0.6) is 0 Å². The first-order valence-corrected chi connectivity index (χ1v) is 16.9. The second-order valence-corrected chi connectivity index (χ2v) is 14.3. The predicted octanol–water partition coefficient (Wildman–Crippen LogP) is 5.65. The van der Waals surface area contributed by atoms with Crippen molar-refractivity contribution in [2.24, 2.45) is 5.92 Å². The molecule has 4 heterocycles. The number of sulfonamides is 1. The van der Waals surface area contributed by atoms with Gasteiger partial charge in [0.1, 0.15) is 15.2 Å². The summed E-state index contributed by atoms with van der Waals surface area (Å²) in [5, 5.41) is 3.58. The first kappa shape index (κ1) is 29.1. The summed E-state index contributed by atoms with van der Waals surface area (Å²) in [6, 6.07) is 12.6. The monoisotopic (exact) mass is 624 g/mol. The third-order valence-electron chi connectivity index (χ3n) is 8.25. The predicted molar refractivity (Wildman–Crippen MR) is 166 cm³/mol.